The van der Waals surface area contributed by atoms with Gasteiger partial charge in [-0.15, -0.1) is 0 Å². The third-order valence-corrected chi connectivity index (χ3v) is 5.03. The number of methoxy groups -OCH3 is 1. The summed E-state index contributed by atoms with van der Waals surface area (Å²) in [5.74, 6) is -0.231. The summed E-state index contributed by atoms with van der Waals surface area (Å²) >= 11 is 0. The van der Waals surface area contributed by atoms with Crippen LogP contribution in [0.5, 0.6) is 0 Å². The van der Waals surface area contributed by atoms with E-state index < -0.39 is 23.8 Å². The van der Waals surface area contributed by atoms with E-state index in [-0.39, 0.29) is 17.2 Å². The van der Waals surface area contributed by atoms with Crippen molar-refractivity contribution < 1.29 is 9.53 Å². The minimum absolute atomic E-state index is 0.138. The maximum atomic E-state index is 13.1. The highest BCUT2D eigenvalue weighted by molar-refractivity contribution is 5.74. The predicted molar refractivity (Wildman–Crippen MR) is 103 cm³/mol. The van der Waals surface area contributed by atoms with Crippen LogP contribution in [0.2, 0.25) is 0 Å². The van der Waals surface area contributed by atoms with Crippen molar-refractivity contribution in [2.45, 2.75) is 47.2 Å². The molecule has 28 heavy (non-hydrogen) atoms. The molecule has 0 aliphatic rings. The molecule has 0 fully saturated rings. The molecule has 0 radical (unpaired) electrons. The van der Waals surface area contributed by atoms with Crippen LogP contribution in [-0.2, 0) is 23.1 Å². The van der Waals surface area contributed by atoms with E-state index in [2.05, 4.69) is 14.8 Å². The Hall–Kier alpha value is -3.17. The Balaban J connectivity index is 2.45. The number of hydrogen-bond acceptors (Lipinski definition) is 6. The predicted octanol–water partition coefficient (Wildman–Crippen LogP) is 0.762. The van der Waals surface area contributed by atoms with Crippen LogP contribution in [0.1, 0.15) is 36.8 Å². The second-order valence-corrected chi connectivity index (χ2v) is 7.06. The normalized spacial score (nSPS) is 11.6. The van der Waals surface area contributed by atoms with Crippen LogP contribution in [0.3, 0.4) is 0 Å². The van der Waals surface area contributed by atoms with E-state index in [0.29, 0.717) is 5.95 Å². The maximum Gasteiger partial charge on any atom is 0.333 e. The average molecular weight is 388 g/mol. The largest absolute Gasteiger partial charge is 0.468 e. The van der Waals surface area contributed by atoms with Crippen LogP contribution in [0.25, 0.3) is 17.1 Å². The van der Waals surface area contributed by atoms with Gasteiger partial charge < -0.3 is 4.74 Å². The molecule has 0 atom stereocenters. The van der Waals surface area contributed by atoms with Gasteiger partial charge >= 0.3 is 11.7 Å². The quantitative estimate of drug-likeness (QED) is 0.611. The van der Waals surface area contributed by atoms with E-state index in [1.165, 1.54) is 18.7 Å². The highest BCUT2D eigenvalue weighted by atomic mass is 16.5. The highest BCUT2D eigenvalue weighted by Gasteiger charge is 2.25. The molecular formula is C18H24N6O4. The summed E-state index contributed by atoms with van der Waals surface area (Å²) in [5, 5.41) is 4.55. The van der Waals surface area contributed by atoms with Gasteiger partial charge in [0.25, 0.3) is 5.56 Å². The molecule has 0 aliphatic heterocycles. The van der Waals surface area contributed by atoms with Crippen molar-refractivity contribution in [3.05, 3.63) is 37.8 Å². The van der Waals surface area contributed by atoms with Gasteiger partial charge in [0, 0.05) is 18.8 Å². The van der Waals surface area contributed by atoms with E-state index >= 15 is 0 Å². The molecular weight excluding hydrogens is 364 g/mol. The van der Waals surface area contributed by atoms with Crippen LogP contribution in [0, 0.1) is 20.8 Å². The number of aromatic nitrogens is 6. The fourth-order valence-corrected chi connectivity index (χ4v) is 3.22. The Labute approximate surface area is 161 Å². The Morgan fingerprint density at radius 1 is 1.18 bits per heavy atom. The Morgan fingerprint density at radius 2 is 1.82 bits per heavy atom. The number of ether oxygens (including phenoxy) is 1. The van der Waals surface area contributed by atoms with Gasteiger partial charge in [-0.25, -0.2) is 14.0 Å². The Bertz CT molecular complexity index is 1210. The second-order valence-electron chi connectivity index (χ2n) is 7.06. The topological polar surface area (TPSA) is 106 Å². The van der Waals surface area contributed by atoms with Crippen molar-refractivity contribution in [1.29, 1.82) is 0 Å². The first kappa shape index (κ1) is 19.6. The number of rotatable bonds is 4. The zero-order chi connectivity index (χ0) is 20.9. The third-order valence-electron chi connectivity index (χ3n) is 5.03. The van der Waals surface area contributed by atoms with Crippen molar-refractivity contribution >= 4 is 17.1 Å². The Morgan fingerprint density at radius 3 is 2.32 bits per heavy atom. The number of esters is 1. The standard InChI is InChI=1S/C18H24N6O4/c1-9(2)23-14-15(19-17(23)24-12(5)10(3)11(4)20-24)21(6)18(27)22(16(14)26)8-13(25)28-7/h9H,8H2,1-7H3. The van der Waals surface area contributed by atoms with E-state index in [0.717, 1.165) is 21.5 Å². The molecule has 3 aromatic rings. The first-order valence-electron chi connectivity index (χ1n) is 8.91. The van der Waals surface area contributed by atoms with E-state index in [1.807, 2.05) is 34.6 Å². The monoisotopic (exact) mass is 388 g/mol. The maximum absolute atomic E-state index is 13.1. The average Bonchev–Trinajstić information content (AvgIpc) is 3.17. The first-order chi connectivity index (χ1) is 13.1. The van der Waals surface area contributed by atoms with Crippen molar-refractivity contribution in [2.75, 3.05) is 7.11 Å². The molecule has 0 saturated heterocycles. The van der Waals surface area contributed by atoms with E-state index in [4.69, 9.17) is 0 Å². The molecule has 10 heteroatoms. The van der Waals surface area contributed by atoms with Crippen molar-refractivity contribution in [2.24, 2.45) is 7.05 Å². The number of nitrogens with zero attached hydrogens (tertiary/aromatic N) is 6. The zero-order valence-corrected chi connectivity index (χ0v) is 17.1. The number of carbonyl (C=O) groups excluding carboxylic acids is 1. The molecule has 3 heterocycles. The smallest absolute Gasteiger partial charge is 0.333 e. The lowest BCUT2D eigenvalue weighted by molar-refractivity contribution is -0.141. The van der Waals surface area contributed by atoms with Gasteiger partial charge in [-0.1, -0.05) is 0 Å². The SMILES string of the molecule is COC(=O)Cn1c(=O)c2c(nc(-n3nc(C)c(C)c3C)n2C(C)C)n(C)c1=O. The van der Waals surface area contributed by atoms with Crippen molar-refractivity contribution in [3.8, 4) is 5.95 Å². The third kappa shape index (κ3) is 2.76. The van der Waals surface area contributed by atoms with Gasteiger partial charge in [-0.3, -0.25) is 18.7 Å². The fourth-order valence-electron chi connectivity index (χ4n) is 3.22. The first-order valence-corrected chi connectivity index (χ1v) is 8.91. The van der Waals surface area contributed by atoms with Gasteiger partial charge in [0.1, 0.15) is 6.54 Å². The minimum atomic E-state index is -0.677. The molecule has 0 N–H and O–H groups in total. The summed E-state index contributed by atoms with van der Waals surface area (Å²) < 4.78 is 10.2. The van der Waals surface area contributed by atoms with Crippen LogP contribution >= 0.6 is 0 Å². The molecule has 0 spiro atoms. The van der Waals surface area contributed by atoms with Crippen LogP contribution in [-0.4, -0.2) is 41.5 Å². The van der Waals surface area contributed by atoms with Crippen LogP contribution in [0.4, 0.5) is 0 Å². The zero-order valence-electron chi connectivity index (χ0n) is 17.1. The van der Waals surface area contributed by atoms with E-state index in [9.17, 15) is 14.4 Å². The van der Waals surface area contributed by atoms with Crippen molar-refractivity contribution in [1.82, 2.24) is 28.5 Å². The van der Waals surface area contributed by atoms with Crippen LogP contribution in [0.15, 0.2) is 9.59 Å². The summed E-state index contributed by atoms with van der Waals surface area (Å²) in [5.41, 5.74) is 2.04. The van der Waals surface area contributed by atoms with Gasteiger partial charge in [0.05, 0.1) is 12.8 Å². The van der Waals surface area contributed by atoms with Gasteiger partial charge in [0.15, 0.2) is 11.2 Å². The molecule has 10 nitrogen and oxygen atoms in total. The molecule has 150 valence electrons. The van der Waals surface area contributed by atoms with Gasteiger partial charge in [-0.2, -0.15) is 10.1 Å². The molecule has 0 amide bonds. The lowest BCUT2D eigenvalue weighted by Crippen LogP contribution is -2.41. The lowest BCUT2D eigenvalue weighted by atomic mass is 10.2. The molecule has 0 bridgehead atoms. The molecule has 3 rings (SSSR count). The number of carbonyl (C=O) groups is 1. The number of hydrogen-bond donors (Lipinski definition) is 0. The number of imidazole rings is 1. The minimum Gasteiger partial charge on any atom is -0.468 e. The molecule has 0 unspecified atom stereocenters. The van der Waals surface area contributed by atoms with Gasteiger partial charge in [0.2, 0.25) is 5.95 Å². The van der Waals surface area contributed by atoms with Gasteiger partial charge in [-0.05, 0) is 40.2 Å². The summed E-state index contributed by atoms with van der Waals surface area (Å²) in [6, 6.07) is -0.138. The Kier molecular flexibility index (Phi) is 4.74. The molecule has 0 aliphatic carbocycles. The summed E-state index contributed by atoms with van der Waals surface area (Å²) in [6.07, 6.45) is 0. The molecule has 0 saturated carbocycles. The summed E-state index contributed by atoms with van der Waals surface area (Å²) in [4.78, 5) is 42.1. The van der Waals surface area contributed by atoms with Crippen molar-refractivity contribution in [3.63, 3.8) is 0 Å². The highest BCUT2D eigenvalue weighted by Crippen LogP contribution is 2.23. The number of aryl methyl sites for hydroxylation is 2. The summed E-state index contributed by atoms with van der Waals surface area (Å²) in [7, 11) is 2.73. The summed E-state index contributed by atoms with van der Waals surface area (Å²) in [6.45, 7) is 9.16. The molecule has 3 aromatic heterocycles. The fraction of sp³-hybridized carbons (Fsp3) is 0.500. The molecule has 0 aromatic carbocycles. The van der Waals surface area contributed by atoms with Crippen LogP contribution < -0.4 is 11.2 Å². The number of fused-ring (bicyclic) bond motifs is 1. The second kappa shape index (κ2) is 6.77. The lowest BCUT2D eigenvalue weighted by Gasteiger charge is -2.14. The van der Waals surface area contributed by atoms with E-state index in [1.54, 1.807) is 9.25 Å².